The van der Waals surface area contributed by atoms with Gasteiger partial charge in [-0.3, -0.25) is 0 Å². The Morgan fingerprint density at radius 2 is 2.18 bits per heavy atom. The molecule has 0 atom stereocenters. The van der Waals surface area contributed by atoms with Gasteiger partial charge in [0.05, 0.1) is 3.79 Å². The van der Waals surface area contributed by atoms with Gasteiger partial charge in [-0.2, -0.15) is 0 Å². The zero-order valence-electron chi connectivity index (χ0n) is 5.04. The Kier molecular flexibility index (Phi) is 2.93. The van der Waals surface area contributed by atoms with Crippen molar-refractivity contribution in [2.45, 2.75) is 4.21 Å². The molecule has 1 rings (SSSR count). The Bertz CT molecular complexity index is 347. The van der Waals surface area contributed by atoms with Crippen LogP contribution >= 0.6 is 39.0 Å². The normalized spacial score (nSPS) is 11.8. The van der Waals surface area contributed by atoms with E-state index in [1.54, 1.807) is 10.3 Å². The summed E-state index contributed by atoms with van der Waals surface area (Å²) in [5.41, 5.74) is 0. The molecule has 11 heavy (non-hydrogen) atoms. The van der Waals surface area contributed by atoms with Crippen LogP contribution in [0.15, 0.2) is 20.1 Å². The molecule has 0 saturated heterocycles. The standard InChI is InChI=1S/C4H3BrClNO2S2/c5-3-1-2-4(10-3)11(8,9)7-6/h1-2,7H. The molecule has 62 valence electrons. The molecule has 0 aliphatic heterocycles. The highest BCUT2D eigenvalue weighted by atomic mass is 79.9. The Hall–Kier alpha value is 0.380. The van der Waals surface area contributed by atoms with E-state index >= 15 is 0 Å². The third kappa shape index (κ3) is 2.16. The number of rotatable bonds is 2. The summed E-state index contributed by atoms with van der Waals surface area (Å²) in [5, 5.41) is 0. The molecule has 1 N–H and O–H groups in total. The zero-order valence-corrected chi connectivity index (χ0v) is 9.02. The van der Waals surface area contributed by atoms with Crippen LogP contribution in [0, 0.1) is 0 Å². The summed E-state index contributed by atoms with van der Waals surface area (Å²) in [6.45, 7) is 0. The summed E-state index contributed by atoms with van der Waals surface area (Å²) in [6.07, 6.45) is 0. The number of hydrogen-bond donors (Lipinski definition) is 1. The van der Waals surface area contributed by atoms with Crippen molar-refractivity contribution >= 4 is 49.1 Å². The Labute approximate surface area is 81.7 Å². The molecule has 0 spiro atoms. The lowest BCUT2D eigenvalue weighted by Crippen LogP contribution is -2.11. The average Bonchev–Trinajstić information content (AvgIpc) is 2.36. The van der Waals surface area contributed by atoms with Crippen LogP contribution in [0.3, 0.4) is 0 Å². The average molecular weight is 277 g/mol. The summed E-state index contributed by atoms with van der Waals surface area (Å²) in [4.78, 5) is 0. The highest BCUT2D eigenvalue weighted by Crippen LogP contribution is 2.25. The quantitative estimate of drug-likeness (QED) is 0.839. The van der Waals surface area contributed by atoms with Crippen LogP contribution in [0.2, 0.25) is 0 Å². The lowest BCUT2D eigenvalue weighted by Gasteiger charge is -1.92. The molecule has 1 aromatic rings. The van der Waals surface area contributed by atoms with Gasteiger partial charge in [-0.05, 0) is 39.8 Å². The van der Waals surface area contributed by atoms with Crippen LogP contribution < -0.4 is 4.24 Å². The first kappa shape index (κ1) is 9.47. The van der Waals surface area contributed by atoms with E-state index in [-0.39, 0.29) is 4.21 Å². The van der Waals surface area contributed by atoms with Gasteiger partial charge < -0.3 is 0 Å². The fourth-order valence-electron chi connectivity index (χ4n) is 0.480. The summed E-state index contributed by atoms with van der Waals surface area (Å²) in [6, 6.07) is 3.12. The molecule has 1 heterocycles. The smallest absolute Gasteiger partial charge is 0.205 e. The van der Waals surface area contributed by atoms with Gasteiger partial charge in [-0.25, -0.2) is 8.42 Å². The molecule has 1 aromatic heterocycles. The number of nitrogens with one attached hydrogen (secondary N) is 1. The van der Waals surface area contributed by atoms with Crippen LogP contribution in [0.25, 0.3) is 0 Å². The van der Waals surface area contributed by atoms with Crippen molar-refractivity contribution in [3.05, 3.63) is 15.9 Å². The molecule has 0 aliphatic rings. The van der Waals surface area contributed by atoms with E-state index in [1.807, 2.05) is 0 Å². The van der Waals surface area contributed by atoms with E-state index in [0.717, 1.165) is 15.1 Å². The van der Waals surface area contributed by atoms with E-state index in [1.165, 1.54) is 6.07 Å². The molecule has 0 unspecified atom stereocenters. The largest absolute Gasteiger partial charge is 0.263 e. The van der Waals surface area contributed by atoms with Crippen molar-refractivity contribution in [1.82, 2.24) is 4.24 Å². The van der Waals surface area contributed by atoms with Crippen LogP contribution in [0.5, 0.6) is 0 Å². The molecule has 0 aromatic carbocycles. The van der Waals surface area contributed by atoms with Gasteiger partial charge in [0.2, 0.25) is 0 Å². The second-order valence-corrected chi connectivity index (χ2v) is 6.42. The summed E-state index contributed by atoms with van der Waals surface area (Å²) in [5.74, 6) is 0. The van der Waals surface area contributed by atoms with Gasteiger partial charge in [-0.1, -0.05) is 0 Å². The molecule has 7 heteroatoms. The van der Waals surface area contributed by atoms with Gasteiger partial charge in [0.15, 0.2) is 0 Å². The second-order valence-electron chi connectivity index (χ2n) is 1.64. The molecule has 0 radical (unpaired) electrons. The third-order valence-corrected chi connectivity index (χ3v) is 4.72. The SMILES string of the molecule is O=S(=O)(NCl)c1ccc(Br)s1. The first-order valence-corrected chi connectivity index (χ1v) is 5.91. The maximum atomic E-state index is 11.0. The predicted octanol–water partition coefficient (Wildman–Crippen LogP) is 1.94. The molecule has 0 bridgehead atoms. The molecule has 0 saturated carbocycles. The molecule has 0 aliphatic carbocycles. The number of halogens is 2. The van der Waals surface area contributed by atoms with Crippen molar-refractivity contribution in [3.8, 4) is 0 Å². The summed E-state index contributed by atoms with van der Waals surface area (Å²) >= 11 is 9.23. The van der Waals surface area contributed by atoms with E-state index < -0.39 is 10.0 Å². The second kappa shape index (κ2) is 3.40. The predicted molar refractivity (Wildman–Crippen MR) is 48.2 cm³/mol. The fraction of sp³-hybridized carbons (Fsp3) is 0. The monoisotopic (exact) mass is 275 g/mol. The number of hydrogen-bond acceptors (Lipinski definition) is 3. The highest BCUT2D eigenvalue weighted by Gasteiger charge is 2.14. The minimum atomic E-state index is -3.47. The van der Waals surface area contributed by atoms with Gasteiger partial charge in [0.1, 0.15) is 4.21 Å². The topological polar surface area (TPSA) is 46.2 Å². The Balaban J connectivity index is 3.13. The van der Waals surface area contributed by atoms with Crippen LogP contribution in [-0.4, -0.2) is 8.42 Å². The third-order valence-electron chi connectivity index (χ3n) is 0.915. The Morgan fingerprint density at radius 1 is 1.55 bits per heavy atom. The van der Waals surface area contributed by atoms with Crippen LogP contribution in [0.4, 0.5) is 0 Å². The van der Waals surface area contributed by atoms with Crippen LogP contribution in [-0.2, 0) is 10.0 Å². The van der Waals surface area contributed by atoms with E-state index in [0.29, 0.717) is 0 Å². The van der Waals surface area contributed by atoms with Crippen molar-refractivity contribution in [3.63, 3.8) is 0 Å². The van der Waals surface area contributed by atoms with Crippen LogP contribution in [0.1, 0.15) is 0 Å². The lowest BCUT2D eigenvalue weighted by atomic mass is 10.7. The van der Waals surface area contributed by atoms with E-state index in [2.05, 4.69) is 15.9 Å². The molecule has 3 nitrogen and oxygen atoms in total. The van der Waals surface area contributed by atoms with E-state index in [9.17, 15) is 8.42 Å². The van der Waals surface area contributed by atoms with Crippen molar-refractivity contribution < 1.29 is 8.42 Å². The minimum absolute atomic E-state index is 0.194. The number of thiophene rings is 1. The molecular formula is C4H3BrClNO2S2. The minimum Gasteiger partial charge on any atom is -0.205 e. The fourth-order valence-corrected chi connectivity index (χ4v) is 3.46. The van der Waals surface area contributed by atoms with E-state index in [4.69, 9.17) is 11.8 Å². The van der Waals surface area contributed by atoms with Crippen molar-refractivity contribution in [1.29, 1.82) is 0 Å². The highest BCUT2D eigenvalue weighted by molar-refractivity contribution is 9.11. The van der Waals surface area contributed by atoms with Crippen molar-refractivity contribution in [2.75, 3.05) is 0 Å². The molecule has 0 fully saturated rings. The molecule has 0 amide bonds. The maximum Gasteiger partial charge on any atom is 0.263 e. The lowest BCUT2D eigenvalue weighted by molar-refractivity contribution is 0.596. The zero-order chi connectivity index (χ0) is 8.48. The summed E-state index contributed by atoms with van der Waals surface area (Å²) in [7, 11) is -3.47. The Morgan fingerprint density at radius 3 is 2.55 bits per heavy atom. The van der Waals surface area contributed by atoms with Gasteiger partial charge in [-0.15, -0.1) is 15.6 Å². The first-order chi connectivity index (χ1) is 5.06. The van der Waals surface area contributed by atoms with Gasteiger partial charge in [0.25, 0.3) is 10.0 Å². The van der Waals surface area contributed by atoms with Gasteiger partial charge in [0, 0.05) is 0 Å². The first-order valence-electron chi connectivity index (χ1n) is 2.44. The van der Waals surface area contributed by atoms with Crippen molar-refractivity contribution in [2.24, 2.45) is 0 Å². The summed E-state index contributed by atoms with van der Waals surface area (Å²) < 4.78 is 24.6. The molecular weight excluding hydrogens is 274 g/mol. The maximum absolute atomic E-state index is 11.0. The number of sulfonamides is 1. The van der Waals surface area contributed by atoms with Gasteiger partial charge >= 0.3 is 0 Å².